The van der Waals surface area contributed by atoms with Gasteiger partial charge in [-0.05, 0) is 48.5 Å². The third-order valence-electron chi connectivity index (χ3n) is 4.05. The summed E-state index contributed by atoms with van der Waals surface area (Å²) >= 11 is 5.58. The summed E-state index contributed by atoms with van der Waals surface area (Å²) in [6, 6.07) is 14.3. The van der Waals surface area contributed by atoms with Gasteiger partial charge in [0.2, 0.25) is 0 Å². The van der Waals surface area contributed by atoms with Crippen molar-refractivity contribution in [3.63, 3.8) is 0 Å². The highest BCUT2D eigenvalue weighted by atomic mass is 35.5. The summed E-state index contributed by atoms with van der Waals surface area (Å²) in [5.74, 6) is -1.11. The number of nitrogens with zero attached hydrogens (tertiary/aromatic N) is 2. The van der Waals surface area contributed by atoms with Gasteiger partial charge in [0, 0.05) is 5.69 Å². The van der Waals surface area contributed by atoms with E-state index in [9.17, 15) is 22.8 Å². The molecule has 0 saturated carbocycles. The van der Waals surface area contributed by atoms with Crippen LogP contribution in [0.25, 0.3) is 0 Å². The fourth-order valence-electron chi connectivity index (χ4n) is 2.58. The number of benzene rings is 3. The first-order valence-electron chi connectivity index (χ1n) is 8.92. The molecule has 0 unspecified atom stereocenters. The molecule has 164 valence electrons. The van der Waals surface area contributed by atoms with Crippen molar-refractivity contribution in [1.29, 1.82) is 0 Å². The summed E-state index contributed by atoms with van der Waals surface area (Å²) in [7, 11) is 0. The van der Waals surface area contributed by atoms with Crippen LogP contribution in [0.1, 0.15) is 15.9 Å². The van der Waals surface area contributed by atoms with E-state index in [4.69, 9.17) is 16.7 Å². The SMILES string of the molecule is O=C(Nc1ccc(Cl)c(C(F)(F)F)c1)Nc1ccccc1N=Nc1cccc(C(=O)O)c1. The van der Waals surface area contributed by atoms with Crippen LogP contribution >= 0.6 is 11.6 Å². The van der Waals surface area contributed by atoms with Crippen LogP contribution in [0.15, 0.2) is 77.0 Å². The van der Waals surface area contributed by atoms with E-state index in [1.54, 1.807) is 24.3 Å². The van der Waals surface area contributed by atoms with Crippen molar-refractivity contribution < 1.29 is 27.9 Å². The normalized spacial score (nSPS) is 11.4. The molecule has 0 aliphatic rings. The summed E-state index contributed by atoms with van der Waals surface area (Å²) in [6.45, 7) is 0. The van der Waals surface area contributed by atoms with Gasteiger partial charge in [0.05, 0.1) is 27.5 Å². The van der Waals surface area contributed by atoms with Crippen molar-refractivity contribution in [2.75, 3.05) is 10.6 Å². The van der Waals surface area contributed by atoms with Crippen molar-refractivity contribution in [2.45, 2.75) is 6.18 Å². The molecule has 32 heavy (non-hydrogen) atoms. The number of amides is 2. The number of halogens is 4. The Morgan fingerprint density at radius 2 is 1.66 bits per heavy atom. The fraction of sp³-hybridized carbons (Fsp3) is 0.0476. The highest BCUT2D eigenvalue weighted by molar-refractivity contribution is 6.31. The number of carboxylic acids is 1. The molecule has 0 aliphatic heterocycles. The molecule has 0 fully saturated rings. The first kappa shape index (κ1) is 22.8. The lowest BCUT2D eigenvalue weighted by molar-refractivity contribution is -0.137. The summed E-state index contributed by atoms with van der Waals surface area (Å²) in [5, 5.41) is 21.3. The molecular formula is C21H14ClF3N4O3. The summed E-state index contributed by atoms with van der Waals surface area (Å²) in [5.41, 5.74) is -0.388. The molecule has 0 radical (unpaired) electrons. The van der Waals surface area contributed by atoms with Gasteiger partial charge in [-0.15, -0.1) is 5.11 Å². The smallest absolute Gasteiger partial charge is 0.417 e. The molecular weight excluding hydrogens is 449 g/mol. The Labute approximate surface area is 184 Å². The second-order valence-electron chi connectivity index (χ2n) is 6.34. The number of aromatic carboxylic acids is 1. The average Bonchev–Trinajstić information content (AvgIpc) is 2.74. The van der Waals surface area contributed by atoms with E-state index in [0.29, 0.717) is 0 Å². The Kier molecular flexibility index (Phi) is 6.74. The molecule has 3 aromatic rings. The van der Waals surface area contributed by atoms with Crippen LogP contribution in [0.2, 0.25) is 5.02 Å². The Balaban J connectivity index is 1.76. The predicted octanol–water partition coefficient (Wildman–Crippen LogP) is 7.12. The Morgan fingerprint density at radius 1 is 0.906 bits per heavy atom. The van der Waals surface area contributed by atoms with Crippen molar-refractivity contribution in [1.82, 2.24) is 0 Å². The first-order valence-corrected chi connectivity index (χ1v) is 9.30. The highest BCUT2D eigenvalue weighted by Crippen LogP contribution is 2.36. The van der Waals surface area contributed by atoms with Crippen LogP contribution in [0.5, 0.6) is 0 Å². The van der Waals surface area contributed by atoms with Gasteiger partial charge in [-0.25, -0.2) is 9.59 Å². The first-order chi connectivity index (χ1) is 15.1. The van der Waals surface area contributed by atoms with Crippen molar-refractivity contribution in [3.05, 3.63) is 82.9 Å². The van der Waals surface area contributed by atoms with Gasteiger partial charge in [-0.3, -0.25) is 0 Å². The second kappa shape index (κ2) is 9.48. The van der Waals surface area contributed by atoms with E-state index in [1.165, 1.54) is 30.3 Å². The van der Waals surface area contributed by atoms with Crippen LogP contribution in [0.3, 0.4) is 0 Å². The fourth-order valence-corrected chi connectivity index (χ4v) is 2.81. The van der Waals surface area contributed by atoms with E-state index in [0.717, 1.165) is 12.1 Å². The summed E-state index contributed by atoms with van der Waals surface area (Å²) in [6.07, 6.45) is -4.67. The molecule has 7 nitrogen and oxygen atoms in total. The number of carboxylic acid groups (broad SMARTS) is 1. The molecule has 0 spiro atoms. The molecule has 3 aromatic carbocycles. The van der Waals surface area contributed by atoms with Crippen LogP contribution in [-0.4, -0.2) is 17.1 Å². The number of alkyl halides is 3. The number of carbonyl (C=O) groups is 2. The van der Waals surface area contributed by atoms with Crippen molar-refractivity contribution in [3.8, 4) is 0 Å². The largest absolute Gasteiger partial charge is 0.478 e. The van der Waals surface area contributed by atoms with E-state index >= 15 is 0 Å². The highest BCUT2D eigenvalue weighted by Gasteiger charge is 2.33. The minimum absolute atomic E-state index is 0.0356. The Hall–Kier alpha value is -3.92. The Bertz CT molecular complexity index is 1200. The number of carbonyl (C=O) groups excluding carboxylic acids is 1. The maximum absolute atomic E-state index is 13.0. The number of para-hydroxylation sites is 1. The van der Waals surface area contributed by atoms with Gasteiger partial charge >= 0.3 is 18.2 Å². The zero-order chi connectivity index (χ0) is 23.3. The molecule has 0 atom stereocenters. The molecule has 3 N–H and O–H groups in total. The lowest BCUT2D eigenvalue weighted by atomic mass is 10.2. The lowest BCUT2D eigenvalue weighted by Crippen LogP contribution is -2.20. The molecule has 0 aromatic heterocycles. The summed E-state index contributed by atoms with van der Waals surface area (Å²) in [4.78, 5) is 23.4. The molecule has 0 bridgehead atoms. The van der Waals surface area contributed by atoms with E-state index in [2.05, 4.69) is 20.9 Å². The molecule has 0 aliphatic carbocycles. The van der Waals surface area contributed by atoms with Gasteiger partial charge in [-0.1, -0.05) is 29.8 Å². The number of anilines is 2. The van der Waals surface area contributed by atoms with Crippen molar-refractivity contribution >= 4 is 46.4 Å². The lowest BCUT2D eigenvalue weighted by Gasteiger charge is -2.13. The summed E-state index contributed by atoms with van der Waals surface area (Å²) < 4.78 is 39.0. The zero-order valence-corrected chi connectivity index (χ0v) is 16.8. The topological polar surface area (TPSA) is 103 Å². The average molecular weight is 463 g/mol. The number of rotatable bonds is 5. The maximum atomic E-state index is 13.0. The Morgan fingerprint density at radius 3 is 2.38 bits per heavy atom. The predicted molar refractivity (Wildman–Crippen MR) is 113 cm³/mol. The van der Waals surface area contributed by atoms with E-state index < -0.39 is 28.8 Å². The zero-order valence-electron chi connectivity index (χ0n) is 16.0. The van der Waals surface area contributed by atoms with Gasteiger partial charge < -0.3 is 15.7 Å². The van der Waals surface area contributed by atoms with Gasteiger partial charge in [0.15, 0.2) is 0 Å². The number of nitrogens with one attached hydrogen (secondary N) is 2. The molecule has 0 saturated heterocycles. The van der Waals surface area contributed by atoms with Gasteiger partial charge in [0.1, 0.15) is 5.69 Å². The maximum Gasteiger partial charge on any atom is 0.417 e. The quantitative estimate of drug-likeness (QED) is 0.352. The monoisotopic (exact) mass is 462 g/mol. The van der Waals surface area contributed by atoms with E-state index in [1.807, 2.05) is 0 Å². The van der Waals surface area contributed by atoms with Crippen LogP contribution in [-0.2, 0) is 6.18 Å². The van der Waals surface area contributed by atoms with Gasteiger partial charge in [-0.2, -0.15) is 18.3 Å². The minimum atomic E-state index is -4.67. The number of hydrogen-bond acceptors (Lipinski definition) is 4. The third kappa shape index (κ3) is 5.82. The number of urea groups is 1. The number of hydrogen-bond donors (Lipinski definition) is 3. The van der Waals surface area contributed by atoms with E-state index in [-0.39, 0.29) is 28.3 Å². The van der Waals surface area contributed by atoms with Crippen LogP contribution < -0.4 is 10.6 Å². The number of azo groups is 1. The molecule has 0 heterocycles. The third-order valence-corrected chi connectivity index (χ3v) is 4.38. The standard InChI is InChI=1S/C21H14ClF3N4O3/c22-16-9-8-13(11-15(16)21(23,24)25)26-20(32)27-17-6-1-2-7-18(17)29-28-14-5-3-4-12(10-14)19(30)31/h1-11H,(H,30,31)(H2,26,27,32). The second-order valence-corrected chi connectivity index (χ2v) is 6.75. The van der Waals surface area contributed by atoms with Crippen molar-refractivity contribution in [2.24, 2.45) is 10.2 Å². The molecule has 3 rings (SSSR count). The van der Waals surface area contributed by atoms with Crippen LogP contribution in [0, 0.1) is 0 Å². The molecule has 2 amide bonds. The minimum Gasteiger partial charge on any atom is -0.478 e. The molecule has 11 heteroatoms. The van der Waals surface area contributed by atoms with Gasteiger partial charge in [0.25, 0.3) is 0 Å². The van der Waals surface area contributed by atoms with Crippen LogP contribution in [0.4, 0.5) is 40.7 Å².